The van der Waals surface area contributed by atoms with Crippen molar-refractivity contribution in [3.05, 3.63) is 21.7 Å². The lowest BCUT2D eigenvalue weighted by Gasteiger charge is -2.06. The van der Waals surface area contributed by atoms with E-state index >= 15 is 0 Å². The molecule has 0 atom stereocenters. The molecule has 0 fully saturated rings. The fourth-order valence-electron chi connectivity index (χ4n) is 1.33. The molecule has 7 heteroatoms. The van der Waals surface area contributed by atoms with Crippen LogP contribution in [0.15, 0.2) is 6.07 Å². The molecule has 0 bridgehead atoms. The van der Waals surface area contributed by atoms with Crippen molar-refractivity contribution in [2.45, 2.75) is 13.3 Å². The van der Waals surface area contributed by atoms with Gasteiger partial charge in [0.05, 0.1) is 5.56 Å². The molecule has 1 aromatic heterocycles. The summed E-state index contributed by atoms with van der Waals surface area (Å²) in [7, 11) is 0. The van der Waals surface area contributed by atoms with Crippen molar-refractivity contribution in [1.82, 2.24) is 4.98 Å². The summed E-state index contributed by atoms with van der Waals surface area (Å²) in [5, 5.41) is 22.4. The van der Waals surface area contributed by atoms with E-state index in [1.54, 1.807) is 0 Å². The molecule has 1 rings (SSSR count). The molecular formula is C9H14N4O3. The molecule has 0 unspecified atom stereocenters. The molecule has 0 radical (unpaired) electrons. The third-order valence-corrected chi connectivity index (χ3v) is 2.01. The second-order valence-corrected chi connectivity index (χ2v) is 3.17. The third-order valence-electron chi connectivity index (χ3n) is 2.01. The summed E-state index contributed by atoms with van der Waals surface area (Å²) in [5.74, 6) is 0.0371. The lowest BCUT2D eigenvalue weighted by atomic mass is 10.2. The van der Waals surface area contributed by atoms with Gasteiger partial charge in [-0.05, 0) is 22.9 Å². The molecule has 0 aliphatic rings. The lowest BCUT2D eigenvalue weighted by Crippen LogP contribution is -2.08. The zero-order chi connectivity index (χ0) is 12.1. The Hall–Kier alpha value is -1.89. The first-order valence-electron chi connectivity index (χ1n) is 4.88. The summed E-state index contributed by atoms with van der Waals surface area (Å²) in [4.78, 5) is 14.0. The molecule has 7 nitrogen and oxygen atoms in total. The molecule has 0 amide bonds. The second kappa shape index (κ2) is 5.26. The quantitative estimate of drug-likeness (QED) is 0.498. The number of nitrogens with one attached hydrogen (secondary N) is 1. The molecule has 88 valence electrons. The Morgan fingerprint density at radius 1 is 1.69 bits per heavy atom. The van der Waals surface area contributed by atoms with Crippen molar-refractivity contribution in [2.24, 2.45) is 0 Å². The molecule has 0 aromatic carbocycles. The van der Waals surface area contributed by atoms with E-state index in [1.165, 1.54) is 6.07 Å². The summed E-state index contributed by atoms with van der Waals surface area (Å²) in [6, 6.07) is 1.47. The van der Waals surface area contributed by atoms with Crippen molar-refractivity contribution in [3.8, 4) is 0 Å². The van der Waals surface area contributed by atoms with E-state index in [-0.39, 0.29) is 18.8 Å². The number of hydrogen-bond donors (Lipinski definition) is 3. The second-order valence-electron chi connectivity index (χ2n) is 3.17. The SMILES string of the molecule is CCNc1nc([N+](=O)[O-])c(CCO)cc1N. The highest BCUT2D eigenvalue weighted by Crippen LogP contribution is 2.25. The molecule has 0 saturated carbocycles. The molecule has 4 N–H and O–H groups in total. The van der Waals surface area contributed by atoms with Gasteiger partial charge in [-0.1, -0.05) is 0 Å². The van der Waals surface area contributed by atoms with E-state index in [0.717, 1.165) is 0 Å². The van der Waals surface area contributed by atoms with E-state index in [4.69, 9.17) is 10.8 Å². The highest BCUT2D eigenvalue weighted by atomic mass is 16.6. The maximum atomic E-state index is 10.8. The number of nitrogens with zero attached hydrogens (tertiary/aromatic N) is 2. The van der Waals surface area contributed by atoms with E-state index in [1.807, 2.05) is 6.92 Å². The van der Waals surface area contributed by atoms with Crippen LogP contribution in [0, 0.1) is 10.1 Å². The van der Waals surface area contributed by atoms with Gasteiger partial charge in [0.15, 0.2) is 0 Å². The van der Waals surface area contributed by atoms with E-state index in [0.29, 0.717) is 23.6 Å². The van der Waals surface area contributed by atoms with Crippen LogP contribution in [-0.2, 0) is 6.42 Å². The first-order chi connectivity index (χ1) is 7.60. The largest absolute Gasteiger partial charge is 0.396 e. The summed E-state index contributed by atoms with van der Waals surface area (Å²) < 4.78 is 0. The predicted octanol–water partition coefficient (Wildman–Crippen LogP) is 0.539. The number of hydrogen-bond acceptors (Lipinski definition) is 6. The standard InChI is InChI=1S/C9H14N4O3/c1-2-11-8-7(10)5-6(3-4-14)9(12-8)13(15)16/h5,14H,2-4,10H2,1H3,(H,11,12). The number of aromatic nitrogens is 1. The molecule has 0 aliphatic carbocycles. The molecule has 0 spiro atoms. The normalized spacial score (nSPS) is 10.1. The van der Waals surface area contributed by atoms with Gasteiger partial charge in [-0.3, -0.25) is 0 Å². The van der Waals surface area contributed by atoms with E-state index in [2.05, 4.69) is 10.3 Å². The molecule has 1 heterocycles. The number of nitrogen functional groups attached to an aromatic ring is 1. The number of aliphatic hydroxyl groups is 1. The van der Waals surface area contributed by atoms with Crippen molar-refractivity contribution in [2.75, 3.05) is 24.2 Å². The summed E-state index contributed by atoms with van der Waals surface area (Å²) >= 11 is 0. The highest BCUT2D eigenvalue weighted by Gasteiger charge is 2.19. The topological polar surface area (TPSA) is 114 Å². The molecule has 16 heavy (non-hydrogen) atoms. The highest BCUT2D eigenvalue weighted by molar-refractivity contribution is 5.65. The average Bonchev–Trinajstić information content (AvgIpc) is 2.22. The van der Waals surface area contributed by atoms with Crippen LogP contribution in [-0.4, -0.2) is 28.2 Å². The lowest BCUT2D eigenvalue weighted by molar-refractivity contribution is -0.390. The zero-order valence-electron chi connectivity index (χ0n) is 8.93. The number of aliphatic hydroxyl groups excluding tert-OH is 1. The maximum Gasteiger partial charge on any atom is 0.369 e. The van der Waals surface area contributed by atoms with E-state index < -0.39 is 4.92 Å². The molecule has 0 aliphatic heterocycles. The minimum absolute atomic E-state index is 0.167. The summed E-state index contributed by atoms with van der Waals surface area (Å²) in [6.07, 6.45) is 0.167. The van der Waals surface area contributed by atoms with Crippen LogP contribution < -0.4 is 11.1 Å². The van der Waals surface area contributed by atoms with Gasteiger partial charge in [0.2, 0.25) is 0 Å². The number of nitro groups is 1. The van der Waals surface area contributed by atoms with Crippen LogP contribution in [0.4, 0.5) is 17.3 Å². The number of pyridine rings is 1. The average molecular weight is 226 g/mol. The van der Waals surface area contributed by atoms with Gasteiger partial charge in [-0.2, -0.15) is 0 Å². The van der Waals surface area contributed by atoms with Gasteiger partial charge in [-0.25, -0.2) is 0 Å². The van der Waals surface area contributed by atoms with Crippen LogP contribution in [0.1, 0.15) is 12.5 Å². The van der Waals surface area contributed by atoms with Crippen LogP contribution in [0.2, 0.25) is 0 Å². The monoisotopic (exact) mass is 226 g/mol. The van der Waals surface area contributed by atoms with Gasteiger partial charge >= 0.3 is 5.82 Å². The van der Waals surface area contributed by atoms with Crippen molar-refractivity contribution < 1.29 is 10.0 Å². The zero-order valence-corrected chi connectivity index (χ0v) is 8.93. The van der Waals surface area contributed by atoms with Crippen LogP contribution in [0.5, 0.6) is 0 Å². The Labute approximate surface area is 92.4 Å². The predicted molar refractivity (Wildman–Crippen MR) is 60.3 cm³/mol. The minimum atomic E-state index is -0.578. The minimum Gasteiger partial charge on any atom is -0.396 e. The van der Waals surface area contributed by atoms with Gasteiger partial charge in [0, 0.05) is 19.6 Å². The summed E-state index contributed by atoms with van der Waals surface area (Å²) in [6.45, 7) is 2.24. The number of anilines is 2. The first kappa shape index (κ1) is 12.2. The van der Waals surface area contributed by atoms with Crippen molar-refractivity contribution >= 4 is 17.3 Å². The number of nitrogens with two attached hydrogens (primary N) is 1. The molecular weight excluding hydrogens is 212 g/mol. The Balaban J connectivity index is 3.19. The Morgan fingerprint density at radius 3 is 2.88 bits per heavy atom. The Morgan fingerprint density at radius 2 is 2.38 bits per heavy atom. The Bertz CT molecular complexity index is 395. The Kier molecular flexibility index (Phi) is 4.01. The van der Waals surface area contributed by atoms with Gasteiger partial charge < -0.3 is 26.3 Å². The summed E-state index contributed by atoms with van der Waals surface area (Å²) in [5.41, 5.74) is 6.36. The van der Waals surface area contributed by atoms with Gasteiger partial charge in [-0.15, -0.1) is 0 Å². The van der Waals surface area contributed by atoms with Crippen molar-refractivity contribution in [1.29, 1.82) is 0 Å². The fourth-order valence-corrected chi connectivity index (χ4v) is 1.33. The number of rotatable bonds is 5. The fraction of sp³-hybridized carbons (Fsp3) is 0.444. The van der Waals surface area contributed by atoms with Crippen LogP contribution in [0.3, 0.4) is 0 Å². The molecule has 0 saturated heterocycles. The van der Waals surface area contributed by atoms with Crippen LogP contribution >= 0.6 is 0 Å². The van der Waals surface area contributed by atoms with Crippen molar-refractivity contribution in [3.63, 3.8) is 0 Å². The van der Waals surface area contributed by atoms with Gasteiger partial charge in [0.1, 0.15) is 5.69 Å². The maximum absolute atomic E-state index is 10.8. The van der Waals surface area contributed by atoms with E-state index in [9.17, 15) is 10.1 Å². The molecule has 1 aromatic rings. The first-order valence-corrected chi connectivity index (χ1v) is 4.88. The third kappa shape index (κ3) is 2.57. The van der Waals surface area contributed by atoms with Crippen LogP contribution in [0.25, 0.3) is 0 Å². The smallest absolute Gasteiger partial charge is 0.369 e. The van der Waals surface area contributed by atoms with Gasteiger partial charge in [0.25, 0.3) is 5.82 Å².